The molecule has 6 nitrogen and oxygen atoms in total. The number of aromatic hydroxyl groups is 1. The van der Waals surface area contributed by atoms with Crippen LogP contribution in [0.3, 0.4) is 0 Å². The first-order chi connectivity index (χ1) is 14.0. The predicted octanol–water partition coefficient (Wildman–Crippen LogP) is 4.28. The Morgan fingerprint density at radius 1 is 1.07 bits per heavy atom. The van der Waals surface area contributed by atoms with E-state index in [-0.39, 0.29) is 11.2 Å². The Bertz CT molecular complexity index is 1020. The lowest BCUT2D eigenvalue weighted by atomic mass is 10.1. The molecule has 0 spiro atoms. The van der Waals surface area contributed by atoms with Gasteiger partial charge in [-0.1, -0.05) is 26.7 Å². The summed E-state index contributed by atoms with van der Waals surface area (Å²) in [4.78, 5) is 18.9. The number of nitrogens with two attached hydrogens (primary N) is 1. The minimum atomic E-state index is -0.131. The zero-order valence-corrected chi connectivity index (χ0v) is 17.4. The number of hydrogen-bond donors (Lipinski definition) is 4. The molecule has 0 radical (unpaired) electrons. The van der Waals surface area contributed by atoms with Crippen molar-refractivity contribution < 1.29 is 5.11 Å². The van der Waals surface area contributed by atoms with Gasteiger partial charge in [0, 0.05) is 24.2 Å². The molecule has 156 valence electrons. The van der Waals surface area contributed by atoms with Crippen molar-refractivity contribution in [2.45, 2.75) is 39.5 Å². The van der Waals surface area contributed by atoms with Crippen LogP contribution in [-0.4, -0.2) is 41.2 Å². The third kappa shape index (κ3) is 4.82. The summed E-state index contributed by atoms with van der Waals surface area (Å²) < 4.78 is 0. The SMILES string of the molecule is CCCCN(CCCC)CCNc1ccc(N)c2[nH]c3ccc(O)cc3c(=O)c12. The number of H-pyrrole nitrogens is 1. The fourth-order valence-corrected chi connectivity index (χ4v) is 3.68. The standard InChI is InChI=1S/C23H32N4O2/c1-3-5-12-27(13-6-4-2)14-11-25-20-10-8-18(24)22-21(20)23(29)17-15-16(28)7-9-19(17)26-22/h7-10,15,25,28H,3-6,11-14,24H2,1-2H3,(H,26,29). The summed E-state index contributed by atoms with van der Waals surface area (Å²) in [6, 6.07) is 8.44. The van der Waals surface area contributed by atoms with Crippen molar-refractivity contribution in [3.8, 4) is 5.75 Å². The quantitative estimate of drug-likeness (QED) is 0.303. The van der Waals surface area contributed by atoms with E-state index in [1.54, 1.807) is 12.1 Å². The van der Waals surface area contributed by atoms with Crippen LogP contribution in [0.15, 0.2) is 35.1 Å². The Balaban J connectivity index is 1.87. The first-order valence-corrected chi connectivity index (χ1v) is 10.6. The van der Waals surface area contributed by atoms with Gasteiger partial charge >= 0.3 is 0 Å². The van der Waals surface area contributed by atoms with Crippen molar-refractivity contribution in [3.63, 3.8) is 0 Å². The topological polar surface area (TPSA) is 94.4 Å². The summed E-state index contributed by atoms with van der Waals surface area (Å²) in [5, 5.41) is 14.2. The summed E-state index contributed by atoms with van der Waals surface area (Å²) in [7, 11) is 0. The molecule has 0 amide bonds. The highest BCUT2D eigenvalue weighted by molar-refractivity contribution is 6.04. The molecule has 5 N–H and O–H groups in total. The number of nitrogens with zero attached hydrogens (tertiary/aromatic N) is 1. The highest BCUT2D eigenvalue weighted by atomic mass is 16.3. The van der Waals surface area contributed by atoms with Gasteiger partial charge < -0.3 is 26.0 Å². The molecule has 1 heterocycles. The van der Waals surface area contributed by atoms with Gasteiger partial charge in [0.05, 0.1) is 22.1 Å². The molecule has 0 unspecified atom stereocenters. The van der Waals surface area contributed by atoms with Gasteiger partial charge in [0.1, 0.15) is 5.75 Å². The number of aromatic amines is 1. The van der Waals surface area contributed by atoms with Crippen molar-refractivity contribution >= 4 is 33.2 Å². The van der Waals surface area contributed by atoms with Crippen molar-refractivity contribution in [3.05, 3.63) is 40.6 Å². The molecule has 0 saturated heterocycles. The third-order valence-electron chi connectivity index (χ3n) is 5.37. The average Bonchev–Trinajstić information content (AvgIpc) is 2.72. The number of rotatable bonds is 10. The number of unbranched alkanes of at least 4 members (excludes halogenated alkanes) is 2. The molecular formula is C23H32N4O2. The average molecular weight is 397 g/mol. The largest absolute Gasteiger partial charge is 0.508 e. The van der Waals surface area contributed by atoms with E-state index in [0.717, 1.165) is 31.9 Å². The smallest absolute Gasteiger partial charge is 0.199 e. The van der Waals surface area contributed by atoms with E-state index in [1.807, 2.05) is 12.1 Å². The van der Waals surface area contributed by atoms with Gasteiger partial charge in [-0.25, -0.2) is 0 Å². The highest BCUT2D eigenvalue weighted by Gasteiger charge is 2.13. The predicted molar refractivity (Wildman–Crippen MR) is 123 cm³/mol. The maximum Gasteiger partial charge on any atom is 0.199 e. The third-order valence-corrected chi connectivity index (χ3v) is 5.37. The second-order valence-electron chi connectivity index (χ2n) is 7.61. The van der Waals surface area contributed by atoms with E-state index in [0.29, 0.717) is 27.5 Å². The molecule has 6 heteroatoms. The van der Waals surface area contributed by atoms with Crippen LogP contribution >= 0.6 is 0 Å². The molecule has 0 saturated carbocycles. The van der Waals surface area contributed by atoms with Crippen LogP contribution in [0.25, 0.3) is 21.8 Å². The monoisotopic (exact) mass is 396 g/mol. The molecule has 29 heavy (non-hydrogen) atoms. The Hall–Kier alpha value is -2.73. The molecule has 0 aliphatic heterocycles. The van der Waals surface area contributed by atoms with E-state index in [9.17, 15) is 9.90 Å². The lowest BCUT2D eigenvalue weighted by Crippen LogP contribution is -2.31. The van der Waals surface area contributed by atoms with Gasteiger partial charge in [-0.05, 0) is 56.3 Å². The molecular weight excluding hydrogens is 364 g/mol. The van der Waals surface area contributed by atoms with E-state index in [2.05, 4.69) is 29.0 Å². The number of pyridine rings is 1. The van der Waals surface area contributed by atoms with Crippen molar-refractivity contribution in [2.75, 3.05) is 37.2 Å². The van der Waals surface area contributed by atoms with Gasteiger partial charge in [0.2, 0.25) is 0 Å². The molecule has 1 aromatic heterocycles. The lowest BCUT2D eigenvalue weighted by molar-refractivity contribution is 0.275. The number of phenolic OH excluding ortho intramolecular Hbond substituents is 1. The number of nitrogens with one attached hydrogen (secondary N) is 2. The Labute approximate surface area is 171 Å². The summed E-state index contributed by atoms with van der Waals surface area (Å²) in [6.45, 7) is 8.31. The second-order valence-corrected chi connectivity index (χ2v) is 7.61. The van der Waals surface area contributed by atoms with Gasteiger partial charge in [0.25, 0.3) is 0 Å². The zero-order chi connectivity index (χ0) is 20.8. The minimum Gasteiger partial charge on any atom is -0.508 e. The first kappa shape index (κ1) is 21.0. The van der Waals surface area contributed by atoms with Crippen LogP contribution in [0.1, 0.15) is 39.5 Å². The van der Waals surface area contributed by atoms with Crippen LogP contribution in [0.5, 0.6) is 5.75 Å². The fourth-order valence-electron chi connectivity index (χ4n) is 3.68. The van der Waals surface area contributed by atoms with Gasteiger partial charge in [-0.15, -0.1) is 0 Å². The number of nitrogen functional groups attached to an aromatic ring is 1. The van der Waals surface area contributed by atoms with Crippen LogP contribution < -0.4 is 16.5 Å². The Kier molecular flexibility index (Phi) is 6.99. The van der Waals surface area contributed by atoms with Crippen molar-refractivity contribution in [1.29, 1.82) is 0 Å². The van der Waals surface area contributed by atoms with Gasteiger partial charge in [-0.3, -0.25) is 4.79 Å². The van der Waals surface area contributed by atoms with Crippen molar-refractivity contribution in [1.82, 2.24) is 9.88 Å². The number of phenols is 1. The first-order valence-electron chi connectivity index (χ1n) is 10.6. The van der Waals surface area contributed by atoms with Gasteiger partial charge in [-0.2, -0.15) is 0 Å². The summed E-state index contributed by atoms with van der Waals surface area (Å²) in [6.07, 6.45) is 4.77. The van der Waals surface area contributed by atoms with Crippen molar-refractivity contribution in [2.24, 2.45) is 0 Å². The molecule has 0 aliphatic carbocycles. The highest BCUT2D eigenvalue weighted by Crippen LogP contribution is 2.27. The maximum absolute atomic E-state index is 13.2. The molecule has 3 aromatic rings. The fraction of sp³-hybridized carbons (Fsp3) is 0.435. The number of aromatic nitrogens is 1. The zero-order valence-electron chi connectivity index (χ0n) is 17.4. The number of hydrogen-bond acceptors (Lipinski definition) is 5. The summed E-state index contributed by atoms with van der Waals surface area (Å²) in [5.41, 5.74) is 8.61. The second kappa shape index (κ2) is 9.65. The van der Waals surface area contributed by atoms with Crippen LogP contribution in [0.2, 0.25) is 0 Å². The molecule has 3 rings (SSSR count). The molecule has 0 bridgehead atoms. The normalized spacial score (nSPS) is 11.6. The molecule has 0 aliphatic rings. The Morgan fingerprint density at radius 3 is 2.48 bits per heavy atom. The number of benzene rings is 2. The summed E-state index contributed by atoms with van der Waals surface area (Å²) >= 11 is 0. The van der Waals surface area contributed by atoms with E-state index < -0.39 is 0 Å². The lowest BCUT2D eigenvalue weighted by Gasteiger charge is -2.22. The molecule has 2 aromatic carbocycles. The maximum atomic E-state index is 13.2. The van der Waals surface area contributed by atoms with Crippen LogP contribution in [0.4, 0.5) is 11.4 Å². The number of fused-ring (bicyclic) bond motifs is 2. The van der Waals surface area contributed by atoms with Crippen LogP contribution in [-0.2, 0) is 0 Å². The van der Waals surface area contributed by atoms with E-state index >= 15 is 0 Å². The number of anilines is 2. The van der Waals surface area contributed by atoms with Crippen LogP contribution in [0, 0.1) is 0 Å². The molecule has 0 fully saturated rings. The Morgan fingerprint density at radius 2 is 1.79 bits per heavy atom. The van der Waals surface area contributed by atoms with E-state index in [1.165, 1.54) is 31.7 Å². The molecule has 0 atom stereocenters. The van der Waals surface area contributed by atoms with Gasteiger partial charge in [0.15, 0.2) is 5.43 Å². The minimum absolute atomic E-state index is 0.0725. The summed E-state index contributed by atoms with van der Waals surface area (Å²) in [5.74, 6) is 0.0725. The van der Waals surface area contributed by atoms with E-state index in [4.69, 9.17) is 5.73 Å².